The van der Waals surface area contributed by atoms with Crippen LogP contribution in [0.25, 0.3) is 27.8 Å². The number of nitrogens with zero attached hydrogens (tertiary/aromatic N) is 4. The van der Waals surface area contributed by atoms with E-state index in [1.807, 2.05) is 42.5 Å². The average molecular weight is 281 g/mol. The highest BCUT2D eigenvalue weighted by Crippen LogP contribution is 2.29. The van der Waals surface area contributed by atoms with Crippen LogP contribution in [-0.2, 0) is 0 Å². The third-order valence-electron chi connectivity index (χ3n) is 3.23. The van der Waals surface area contributed by atoms with Gasteiger partial charge in [0.1, 0.15) is 5.15 Å². The molecule has 0 spiro atoms. The van der Waals surface area contributed by atoms with Crippen LogP contribution in [-0.4, -0.2) is 19.6 Å². The van der Waals surface area contributed by atoms with Crippen LogP contribution in [0.3, 0.4) is 0 Å². The van der Waals surface area contributed by atoms with Gasteiger partial charge in [-0.15, -0.1) is 0 Å². The molecule has 0 radical (unpaired) electrons. The van der Waals surface area contributed by atoms with Crippen LogP contribution in [0.5, 0.6) is 0 Å². The maximum Gasteiger partial charge on any atom is 0.166 e. The van der Waals surface area contributed by atoms with E-state index in [0.717, 1.165) is 22.2 Å². The van der Waals surface area contributed by atoms with Gasteiger partial charge in [0, 0.05) is 23.2 Å². The summed E-state index contributed by atoms with van der Waals surface area (Å²) in [6.45, 7) is 0. The van der Waals surface area contributed by atoms with Crippen molar-refractivity contribution >= 4 is 28.3 Å². The summed E-state index contributed by atoms with van der Waals surface area (Å²) in [6, 6.07) is 13.8. The molecule has 4 rings (SSSR count). The van der Waals surface area contributed by atoms with Crippen LogP contribution in [0, 0.1) is 0 Å². The van der Waals surface area contributed by atoms with Gasteiger partial charge < -0.3 is 0 Å². The molecule has 0 aliphatic rings. The molecule has 0 bridgehead atoms. The SMILES string of the molecule is Clc1nc2c(cnc3ccnn32)cc1-c1ccccc1. The van der Waals surface area contributed by atoms with Crippen molar-refractivity contribution in [3.63, 3.8) is 0 Å². The Bertz CT molecular complexity index is 915. The number of halogens is 1. The lowest BCUT2D eigenvalue weighted by Gasteiger charge is -2.07. The van der Waals surface area contributed by atoms with Gasteiger partial charge in [-0.25, -0.2) is 9.97 Å². The Labute approximate surface area is 119 Å². The summed E-state index contributed by atoms with van der Waals surface area (Å²) < 4.78 is 1.69. The number of rotatable bonds is 1. The van der Waals surface area contributed by atoms with Crippen LogP contribution in [0.15, 0.2) is 54.9 Å². The molecule has 0 saturated heterocycles. The van der Waals surface area contributed by atoms with E-state index in [0.29, 0.717) is 10.8 Å². The zero-order chi connectivity index (χ0) is 13.5. The normalized spacial score (nSPS) is 11.2. The van der Waals surface area contributed by atoms with Gasteiger partial charge in [0.2, 0.25) is 0 Å². The van der Waals surface area contributed by atoms with Crippen molar-refractivity contribution in [2.75, 3.05) is 0 Å². The second kappa shape index (κ2) is 4.28. The van der Waals surface area contributed by atoms with Gasteiger partial charge in [0.25, 0.3) is 0 Å². The first-order valence-corrected chi connectivity index (χ1v) is 6.55. The van der Waals surface area contributed by atoms with Crippen molar-refractivity contribution in [1.82, 2.24) is 19.6 Å². The third kappa shape index (κ3) is 1.66. The van der Waals surface area contributed by atoms with E-state index in [9.17, 15) is 0 Å². The lowest BCUT2D eigenvalue weighted by Crippen LogP contribution is -1.96. The summed E-state index contributed by atoms with van der Waals surface area (Å²) in [6.07, 6.45) is 3.49. The number of fused-ring (bicyclic) bond motifs is 3. The first-order valence-electron chi connectivity index (χ1n) is 6.17. The quantitative estimate of drug-likeness (QED) is 0.500. The summed E-state index contributed by atoms with van der Waals surface area (Å²) >= 11 is 6.33. The van der Waals surface area contributed by atoms with Gasteiger partial charge in [-0.2, -0.15) is 9.61 Å². The fourth-order valence-corrected chi connectivity index (χ4v) is 2.52. The molecule has 0 unspecified atom stereocenters. The van der Waals surface area contributed by atoms with Gasteiger partial charge in [0.15, 0.2) is 11.3 Å². The second-order valence-corrected chi connectivity index (χ2v) is 4.82. The predicted molar refractivity (Wildman–Crippen MR) is 78.7 cm³/mol. The molecule has 0 amide bonds. The Morgan fingerprint density at radius 2 is 1.90 bits per heavy atom. The maximum absolute atomic E-state index is 6.33. The van der Waals surface area contributed by atoms with E-state index >= 15 is 0 Å². The van der Waals surface area contributed by atoms with Crippen molar-refractivity contribution in [1.29, 1.82) is 0 Å². The van der Waals surface area contributed by atoms with Crippen molar-refractivity contribution in [2.24, 2.45) is 0 Å². The summed E-state index contributed by atoms with van der Waals surface area (Å²) in [5.41, 5.74) is 3.40. The Morgan fingerprint density at radius 3 is 2.75 bits per heavy atom. The molecule has 4 nitrogen and oxygen atoms in total. The molecule has 0 aliphatic heterocycles. The van der Waals surface area contributed by atoms with E-state index < -0.39 is 0 Å². The summed E-state index contributed by atoms with van der Waals surface area (Å²) in [5.74, 6) is 0. The Hall–Kier alpha value is -2.46. The maximum atomic E-state index is 6.33. The summed E-state index contributed by atoms with van der Waals surface area (Å²) in [5, 5.41) is 5.59. The molecule has 0 aliphatic carbocycles. The molecule has 0 fully saturated rings. The van der Waals surface area contributed by atoms with E-state index in [1.165, 1.54) is 0 Å². The molecule has 0 saturated carbocycles. The Kier molecular flexibility index (Phi) is 2.44. The minimum Gasteiger partial charge on any atom is -0.236 e. The summed E-state index contributed by atoms with van der Waals surface area (Å²) in [4.78, 5) is 8.83. The molecule has 0 N–H and O–H groups in total. The Morgan fingerprint density at radius 1 is 1.05 bits per heavy atom. The fraction of sp³-hybridized carbons (Fsp3) is 0. The monoisotopic (exact) mass is 280 g/mol. The van der Waals surface area contributed by atoms with Gasteiger partial charge in [-0.05, 0) is 11.6 Å². The smallest absolute Gasteiger partial charge is 0.166 e. The van der Waals surface area contributed by atoms with Crippen LogP contribution in [0.4, 0.5) is 0 Å². The molecular weight excluding hydrogens is 272 g/mol. The van der Waals surface area contributed by atoms with Gasteiger partial charge in [0.05, 0.1) is 6.20 Å². The molecule has 1 aromatic carbocycles. The highest BCUT2D eigenvalue weighted by atomic mass is 35.5. The van der Waals surface area contributed by atoms with Crippen LogP contribution in [0.2, 0.25) is 5.15 Å². The average Bonchev–Trinajstić information content (AvgIpc) is 2.96. The van der Waals surface area contributed by atoms with E-state index in [2.05, 4.69) is 15.1 Å². The topological polar surface area (TPSA) is 43.1 Å². The van der Waals surface area contributed by atoms with E-state index in [-0.39, 0.29) is 0 Å². The standard InChI is InChI=1S/C15H9ClN4/c16-14-12(10-4-2-1-3-5-10)8-11-9-17-13-6-7-18-20(13)15(11)19-14/h1-9H. The first kappa shape index (κ1) is 11.4. The van der Waals surface area contributed by atoms with E-state index in [1.54, 1.807) is 16.9 Å². The highest BCUT2D eigenvalue weighted by molar-refractivity contribution is 6.32. The van der Waals surface area contributed by atoms with Crippen molar-refractivity contribution in [3.05, 3.63) is 60.0 Å². The summed E-state index contributed by atoms with van der Waals surface area (Å²) in [7, 11) is 0. The van der Waals surface area contributed by atoms with Crippen molar-refractivity contribution < 1.29 is 0 Å². The number of aromatic nitrogens is 4. The van der Waals surface area contributed by atoms with Crippen LogP contribution >= 0.6 is 11.6 Å². The van der Waals surface area contributed by atoms with Crippen molar-refractivity contribution in [3.8, 4) is 11.1 Å². The largest absolute Gasteiger partial charge is 0.236 e. The number of hydrogen-bond acceptors (Lipinski definition) is 3. The molecular formula is C15H9ClN4. The minimum absolute atomic E-state index is 0.465. The van der Waals surface area contributed by atoms with Gasteiger partial charge in [-0.3, -0.25) is 0 Å². The molecule has 3 heterocycles. The fourth-order valence-electron chi connectivity index (χ4n) is 2.28. The van der Waals surface area contributed by atoms with Crippen molar-refractivity contribution in [2.45, 2.75) is 0 Å². The molecule has 0 atom stereocenters. The first-order chi connectivity index (χ1) is 9.83. The zero-order valence-electron chi connectivity index (χ0n) is 10.4. The third-order valence-corrected chi connectivity index (χ3v) is 3.52. The van der Waals surface area contributed by atoms with Crippen LogP contribution < -0.4 is 0 Å². The predicted octanol–water partition coefficient (Wildman–Crippen LogP) is 3.60. The van der Waals surface area contributed by atoms with Gasteiger partial charge in [-0.1, -0.05) is 41.9 Å². The highest BCUT2D eigenvalue weighted by Gasteiger charge is 2.10. The molecule has 4 aromatic rings. The number of pyridine rings is 1. The molecule has 3 aromatic heterocycles. The number of benzene rings is 1. The zero-order valence-corrected chi connectivity index (χ0v) is 11.1. The van der Waals surface area contributed by atoms with Crippen LogP contribution in [0.1, 0.15) is 0 Å². The lowest BCUT2D eigenvalue weighted by molar-refractivity contribution is 0.964. The second-order valence-electron chi connectivity index (χ2n) is 4.47. The van der Waals surface area contributed by atoms with Gasteiger partial charge >= 0.3 is 0 Å². The lowest BCUT2D eigenvalue weighted by atomic mass is 10.1. The molecule has 5 heteroatoms. The number of hydrogen-bond donors (Lipinski definition) is 0. The van der Waals surface area contributed by atoms with E-state index in [4.69, 9.17) is 11.6 Å². The minimum atomic E-state index is 0.465. The molecule has 96 valence electrons. The molecule has 20 heavy (non-hydrogen) atoms. The Balaban J connectivity index is 2.05.